The molecule has 2 nitrogen and oxygen atoms in total. The lowest BCUT2D eigenvalue weighted by atomic mass is 9.80. The van der Waals surface area contributed by atoms with Crippen molar-refractivity contribution in [2.75, 3.05) is 19.7 Å². The molecule has 1 N–H and O–H groups in total. The summed E-state index contributed by atoms with van der Waals surface area (Å²) in [5.41, 5.74) is 2.97. The molecule has 22 heavy (non-hydrogen) atoms. The van der Waals surface area contributed by atoms with Crippen molar-refractivity contribution in [1.82, 2.24) is 5.32 Å². The lowest BCUT2D eigenvalue weighted by Gasteiger charge is -2.27. The fourth-order valence-electron chi connectivity index (χ4n) is 2.77. The summed E-state index contributed by atoms with van der Waals surface area (Å²) in [4.78, 5) is 0. The van der Waals surface area contributed by atoms with E-state index < -0.39 is 0 Å². The first-order valence-electron chi connectivity index (χ1n) is 8.16. The number of hydrogen-bond donors (Lipinski definition) is 1. The van der Waals surface area contributed by atoms with Crippen LogP contribution in [0.25, 0.3) is 0 Å². The van der Waals surface area contributed by atoms with E-state index in [9.17, 15) is 0 Å². The normalized spacial score (nSPS) is 18.9. The van der Waals surface area contributed by atoms with Crippen molar-refractivity contribution in [3.8, 4) is 5.75 Å². The molecule has 1 saturated heterocycles. The van der Waals surface area contributed by atoms with Crippen molar-refractivity contribution >= 4 is 12.4 Å². The van der Waals surface area contributed by atoms with Gasteiger partial charge in [-0.3, -0.25) is 0 Å². The Morgan fingerprint density at radius 1 is 1.09 bits per heavy atom. The third-order valence-electron chi connectivity index (χ3n) is 4.29. The quantitative estimate of drug-likeness (QED) is 0.870. The first kappa shape index (κ1) is 19.3. The van der Waals surface area contributed by atoms with Gasteiger partial charge >= 0.3 is 0 Å². The highest BCUT2D eigenvalue weighted by Crippen LogP contribution is 2.35. The fourth-order valence-corrected chi connectivity index (χ4v) is 2.77. The molecule has 0 spiro atoms. The number of rotatable bonds is 3. The summed E-state index contributed by atoms with van der Waals surface area (Å²) in [5, 5.41) is 3.40. The largest absolute Gasteiger partial charge is 0.493 e. The molecule has 0 bridgehead atoms. The summed E-state index contributed by atoms with van der Waals surface area (Å²) < 4.78 is 6.18. The molecule has 1 fully saturated rings. The zero-order valence-electron chi connectivity index (χ0n) is 15.0. The predicted octanol–water partition coefficient (Wildman–Crippen LogP) is 4.69. The second kappa shape index (κ2) is 7.23. The van der Waals surface area contributed by atoms with E-state index in [1.165, 1.54) is 17.5 Å². The molecule has 0 amide bonds. The van der Waals surface area contributed by atoms with E-state index in [0.29, 0.717) is 5.92 Å². The minimum absolute atomic E-state index is 0. The highest BCUT2D eigenvalue weighted by Gasteiger charge is 2.24. The maximum Gasteiger partial charge on any atom is 0.123 e. The molecule has 1 aliphatic heterocycles. The standard InChI is InChI=1S/C19H31NO.ClH/c1-18(2,3)15-7-8-17(16(11-15)19(4,5)6)21-13-14-9-10-20-12-14;/h7-8,11,14,20H,9-10,12-13H2,1-6H3;1H. The van der Waals surface area contributed by atoms with E-state index >= 15 is 0 Å². The second-order valence-corrected chi connectivity index (χ2v) is 8.38. The maximum absolute atomic E-state index is 6.18. The first-order chi connectivity index (χ1) is 9.68. The third kappa shape index (κ3) is 4.89. The number of nitrogens with one attached hydrogen (secondary N) is 1. The van der Waals surface area contributed by atoms with Gasteiger partial charge < -0.3 is 10.1 Å². The van der Waals surface area contributed by atoms with Crippen LogP contribution in [0.15, 0.2) is 18.2 Å². The van der Waals surface area contributed by atoms with Crippen LogP contribution >= 0.6 is 12.4 Å². The topological polar surface area (TPSA) is 21.3 Å². The molecular weight excluding hydrogens is 294 g/mol. The Hall–Kier alpha value is -0.730. The van der Waals surface area contributed by atoms with Crippen molar-refractivity contribution in [2.45, 2.75) is 58.8 Å². The van der Waals surface area contributed by atoms with Gasteiger partial charge in [-0.25, -0.2) is 0 Å². The van der Waals surface area contributed by atoms with Gasteiger partial charge in [-0.15, -0.1) is 12.4 Å². The van der Waals surface area contributed by atoms with Gasteiger partial charge in [0, 0.05) is 12.5 Å². The summed E-state index contributed by atoms with van der Waals surface area (Å²) in [6.45, 7) is 16.6. The molecule has 0 aliphatic carbocycles. The van der Waals surface area contributed by atoms with Crippen molar-refractivity contribution in [3.63, 3.8) is 0 Å². The minimum Gasteiger partial charge on any atom is -0.493 e. The highest BCUT2D eigenvalue weighted by atomic mass is 35.5. The van der Waals surface area contributed by atoms with E-state index in [1.54, 1.807) is 0 Å². The van der Waals surface area contributed by atoms with E-state index in [1.807, 2.05) is 0 Å². The number of halogens is 1. The number of ether oxygens (including phenoxy) is 1. The molecule has 1 heterocycles. The van der Waals surface area contributed by atoms with Crippen LogP contribution in [-0.2, 0) is 10.8 Å². The summed E-state index contributed by atoms with van der Waals surface area (Å²) in [5.74, 6) is 1.71. The molecule has 0 saturated carbocycles. The van der Waals surface area contributed by atoms with E-state index in [2.05, 4.69) is 65.1 Å². The average Bonchev–Trinajstić information content (AvgIpc) is 2.87. The molecule has 1 aromatic rings. The first-order valence-corrected chi connectivity index (χ1v) is 8.16. The van der Waals surface area contributed by atoms with E-state index in [4.69, 9.17) is 4.74 Å². The van der Waals surface area contributed by atoms with Gasteiger partial charge in [0.15, 0.2) is 0 Å². The zero-order valence-corrected chi connectivity index (χ0v) is 15.8. The molecule has 1 unspecified atom stereocenters. The average molecular weight is 326 g/mol. The van der Waals surface area contributed by atoms with Gasteiger partial charge in [0.25, 0.3) is 0 Å². The third-order valence-corrected chi connectivity index (χ3v) is 4.29. The van der Waals surface area contributed by atoms with Crippen LogP contribution in [-0.4, -0.2) is 19.7 Å². The molecule has 1 aromatic carbocycles. The van der Waals surface area contributed by atoms with Crippen molar-refractivity contribution in [3.05, 3.63) is 29.3 Å². The van der Waals surface area contributed by atoms with Crippen LogP contribution in [0, 0.1) is 5.92 Å². The van der Waals surface area contributed by atoms with Gasteiger partial charge in [-0.05, 0) is 41.0 Å². The van der Waals surface area contributed by atoms with Crippen LogP contribution in [0.5, 0.6) is 5.75 Å². The summed E-state index contributed by atoms with van der Waals surface area (Å²) in [6, 6.07) is 6.73. The molecule has 1 atom stereocenters. The van der Waals surface area contributed by atoms with Crippen LogP contribution in [0.3, 0.4) is 0 Å². The number of hydrogen-bond acceptors (Lipinski definition) is 2. The van der Waals surface area contributed by atoms with Gasteiger partial charge in [0.1, 0.15) is 5.75 Å². The molecule has 0 radical (unpaired) electrons. The minimum atomic E-state index is 0. The predicted molar refractivity (Wildman–Crippen MR) is 97.6 cm³/mol. The SMILES string of the molecule is CC(C)(C)c1ccc(OCC2CCNC2)c(C(C)(C)C)c1.Cl. The molecule has 126 valence electrons. The Kier molecular flexibility index (Phi) is 6.35. The summed E-state index contributed by atoms with van der Waals surface area (Å²) >= 11 is 0. The molecular formula is C19H32ClNO. The van der Waals surface area contributed by atoms with Crippen molar-refractivity contribution in [1.29, 1.82) is 0 Å². The highest BCUT2D eigenvalue weighted by molar-refractivity contribution is 5.85. The van der Waals surface area contributed by atoms with E-state index in [0.717, 1.165) is 25.4 Å². The number of benzene rings is 1. The summed E-state index contributed by atoms with van der Waals surface area (Å²) in [7, 11) is 0. The van der Waals surface area contributed by atoms with Crippen molar-refractivity contribution in [2.24, 2.45) is 5.92 Å². The molecule has 1 aliphatic rings. The molecule has 2 rings (SSSR count). The van der Waals surface area contributed by atoms with Gasteiger partial charge in [-0.1, -0.05) is 53.7 Å². The molecule has 3 heteroatoms. The maximum atomic E-state index is 6.18. The van der Waals surface area contributed by atoms with E-state index in [-0.39, 0.29) is 23.2 Å². The lowest BCUT2D eigenvalue weighted by Crippen LogP contribution is -2.20. The summed E-state index contributed by atoms with van der Waals surface area (Å²) in [6.07, 6.45) is 1.23. The Morgan fingerprint density at radius 2 is 1.77 bits per heavy atom. The van der Waals surface area contributed by atoms with Gasteiger partial charge in [0.05, 0.1) is 6.61 Å². The zero-order chi connectivity index (χ0) is 15.7. The Labute approximate surface area is 142 Å². The molecule has 0 aromatic heterocycles. The fraction of sp³-hybridized carbons (Fsp3) is 0.684. The van der Waals surface area contributed by atoms with Gasteiger partial charge in [-0.2, -0.15) is 0 Å². The Balaban J connectivity index is 0.00000242. The lowest BCUT2D eigenvalue weighted by molar-refractivity contribution is 0.254. The second-order valence-electron chi connectivity index (χ2n) is 8.38. The van der Waals surface area contributed by atoms with Crippen LogP contribution < -0.4 is 10.1 Å². The van der Waals surface area contributed by atoms with Gasteiger partial charge in [0.2, 0.25) is 0 Å². The van der Waals surface area contributed by atoms with Crippen LogP contribution in [0.2, 0.25) is 0 Å². The van der Waals surface area contributed by atoms with Crippen LogP contribution in [0.1, 0.15) is 59.1 Å². The Morgan fingerprint density at radius 3 is 2.27 bits per heavy atom. The Bertz CT molecular complexity index is 479. The van der Waals surface area contributed by atoms with Crippen LogP contribution in [0.4, 0.5) is 0 Å². The smallest absolute Gasteiger partial charge is 0.123 e. The monoisotopic (exact) mass is 325 g/mol. The van der Waals surface area contributed by atoms with Crippen molar-refractivity contribution < 1.29 is 4.74 Å².